The Balaban J connectivity index is 1.61. The van der Waals surface area contributed by atoms with Gasteiger partial charge in [0.25, 0.3) is 0 Å². The number of nitrogens with two attached hydrogens (primary N) is 1. The number of nitrogens with one attached hydrogen (secondary N) is 1. The fourth-order valence-electron chi connectivity index (χ4n) is 3.93. The average molecular weight is 445 g/mol. The molecule has 0 saturated carbocycles. The van der Waals surface area contributed by atoms with Crippen LogP contribution in [-0.2, 0) is 16.1 Å². The van der Waals surface area contributed by atoms with Crippen LogP contribution in [0, 0.1) is 12.3 Å². The summed E-state index contributed by atoms with van der Waals surface area (Å²) >= 11 is 1.60. The van der Waals surface area contributed by atoms with Crippen LogP contribution in [0.1, 0.15) is 44.9 Å². The second-order valence-corrected chi connectivity index (χ2v) is 10.3. The van der Waals surface area contributed by atoms with Crippen molar-refractivity contribution >= 4 is 23.2 Å². The van der Waals surface area contributed by atoms with Gasteiger partial charge in [-0.2, -0.15) is 0 Å². The third kappa shape index (κ3) is 5.90. The number of carbonyl (C=O) groups excluding carboxylic acids is 2. The molecule has 3 atom stereocenters. The van der Waals surface area contributed by atoms with E-state index in [1.807, 2.05) is 57.5 Å². The zero-order chi connectivity index (χ0) is 22.8. The molecule has 1 aromatic heterocycles. The van der Waals surface area contributed by atoms with Crippen molar-refractivity contribution in [3.63, 3.8) is 0 Å². The highest BCUT2D eigenvalue weighted by atomic mass is 32.1. The number of thiazole rings is 1. The summed E-state index contributed by atoms with van der Waals surface area (Å²) in [4.78, 5) is 32.5. The number of carbonyl (C=O) groups is 2. The molecule has 0 unspecified atom stereocenters. The first-order chi connectivity index (χ1) is 14.5. The standard InChI is InChI=1S/C23H32N4O3S/c1-14-20(31-13-26-14)16-7-5-15(6-8-16)11-25-21(29)19-9-17(28)12-27(19)22(30)18(24)10-23(2,3)4/h5-8,13,17-19,28H,9-12,24H2,1-4H3,(H,25,29)/t17-,18+,19+/m1/s1. The normalized spacial score (nSPS) is 20.0. The van der Waals surface area contributed by atoms with E-state index in [-0.39, 0.29) is 30.2 Å². The van der Waals surface area contributed by atoms with Gasteiger partial charge in [0.1, 0.15) is 6.04 Å². The molecule has 0 radical (unpaired) electrons. The van der Waals surface area contributed by atoms with E-state index >= 15 is 0 Å². The molecule has 8 heteroatoms. The Hall–Kier alpha value is -2.29. The SMILES string of the molecule is Cc1ncsc1-c1ccc(CNC(=O)[C@@H]2C[C@@H](O)CN2C(=O)[C@@H](N)CC(C)(C)C)cc1. The molecule has 1 aliphatic heterocycles. The molecule has 2 heterocycles. The molecule has 3 rings (SSSR count). The fourth-order valence-corrected chi connectivity index (χ4v) is 4.74. The second kappa shape index (κ2) is 9.46. The van der Waals surface area contributed by atoms with Crippen molar-refractivity contribution in [2.75, 3.05) is 6.54 Å². The van der Waals surface area contributed by atoms with Gasteiger partial charge in [-0.15, -0.1) is 11.3 Å². The van der Waals surface area contributed by atoms with Crippen LogP contribution in [0.4, 0.5) is 0 Å². The van der Waals surface area contributed by atoms with E-state index in [1.54, 1.807) is 11.3 Å². The Morgan fingerprint density at radius 3 is 2.58 bits per heavy atom. The monoisotopic (exact) mass is 444 g/mol. The lowest BCUT2D eigenvalue weighted by Crippen LogP contribution is -2.51. The third-order valence-corrected chi connectivity index (χ3v) is 6.42. The first-order valence-electron chi connectivity index (χ1n) is 10.6. The number of β-amino-alcohol motifs (C(OH)–C–C–N with tert-alkyl or cyclic N) is 1. The predicted molar refractivity (Wildman–Crippen MR) is 122 cm³/mol. The van der Waals surface area contributed by atoms with Gasteiger partial charge >= 0.3 is 0 Å². The molecule has 1 fully saturated rings. The number of likely N-dealkylation sites (tertiary alicyclic amines) is 1. The van der Waals surface area contributed by atoms with E-state index in [1.165, 1.54) is 4.90 Å². The van der Waals surface area contributed by atoms with E-state index in [0.717, 1.165) is 21.7 Å². The Morgan fingerprint density at radius 2 is 2.00 bits per heavy atom. The molecule has 0 aliphatic carbocycles. The molecule has 1 aliphatic rings. The summed E-state index contributed by atoms with van der Waals surface area (Å²) in [6, 6.07) is 6.59. The summed E-state index contributed by atoms with van der Waals surface area (Å²) in [5.74, 6) is -0.550. The fraction of sp³-hybridized carbons (Fsp3) is 0.522. The maximum atomic E-state index is 12.8. The molecular formula is C23H32N4O3S. The van der Waals surface area contributed by atoms with E-state index in [0.29, 0.717) is 13.0 Å². The van der Waals surface area contributed by atoms with Crippen LogP contribution in [0.2, 0.25) is 0 Å². The largest absolute Gasteiger partial charge is 0.391 e. The van der Waals surface area contributed by atoms with E-state index in [2.05, 4.69) is 10.3 Å². The Morgan fingerprint density at radius 1 is 1.32 bits per heavy atom. The Bertz CT molecular complexity index is 920. The second-order valence-electron chi connectivity index (χ2n) is 9.45. The molecule has 2 aromatic rings. The lowest BCUT2D eigenvalue weighted by Gasteiger charge is -2.29. The predicted octanol–water partition coefficient (Wildman–Crippen LogP) is 2.46. The number of aliphatic hydroxyl groups is 1. The smallest absolute Gasteiger partial charge is 0.243 e. The van der Waals surface area contributed by atoms with Crippen molar-refractivity contribution in [3.05, 3.63) is 41.0 Å². The average Bonchev–Trinajstić information content (AvgIpc) is 3.30. The molecule has 0 spiro atoms. The summed E-state index contributed by atoms with van der Waals surface area (Å²) in [6.07, 6.45) is 0.0188. The van der Waals surface area contributed by atoms with Crippen LogP contribution in [0.3, 0.4) is 0 Å². The Kier molecular flexibility index (Phi) is 7.13. The number of amides is 2. The van der Waals surface area contributed by atoms with Crippen LogP contribution in [0.5, 0.6) is 0 Å². The zero-order valence-electron chi connectivity index (χ0n) is 18.6. The minimum atomic E-state index is -0.719. The van der Waals surface area contributed by atoms with Crippen molar-refractivity contribution in [2.45, 2.75) is 65.3 Å². The van der Waals surface area contributed by atoms with E-state index < -0.39 is 18.2 Å². The number of rotatable bonds is 6. The highest BCUT2D eigenvalue weighted by Crippen LogP contribution is 2.27. The molecule has 1 saturated heterocycles. The first kappa shape index (κ1) is 23.4. The summed E-state index contributed by atoms with van der Waals surface area (Å²) in [7, 11) is 0. The number of nitrogens with zero attached hydrogens (tertiary/aromatic N) is 2. The van der Waals surface area contributed by atoms with Gasteiger partial charge in [0.15, 0.2) is 0 Å². The van der Waals surface area contributed by atoms with E-state index in [4.69, 9.17) is 5.73 Å². The van der Waals surface area contributed by atoms with Crippen LogP contribution < -0.4 is 11.1 Å². The van der Waals surface area contributed by atoms with Crippen molar-refractivity contribution in [1.29, 1.82) is 0 Å². The van der Waals surface area contributed by atoms with Gasteiger partial charge in [0, 0.05) is 19.5 Å². The molecule has 2 amide bonds. The number of aromatic nitrogens is 1. The molecule has 7 nitrogen and oxygen atoms in total. The van der Waals surface area contributed by atoms with Gasteiger partial charge in [-0.25, -0.2) is 4.98 Å². The summed E-state index contributed by atoms with van der Waals surface area (Å²) in [5.41, 5.74) is 10.9. The third-order valence-electron chi connectivity index (χ3n) is 5.44. The first-order valence-corrected chi connectivity index (χ1v) is 11.4. The highest BCUT2D eigenvalue weighted by molar-refractivity contribution is 7.13. The number of aliphatic hydroxyl groups excluding tert-OH is 1. The highest BCUT2D eigenvalue weighted by Gasteiger charge is 2.40. The number of benzene rings is 1. The van der Waals surface area contributed by atoms with Crippen LogP contribution in [0.15, 0.2) is 29.8 Å². The van der Waals surface area contributed by atoms with Gasteiger partial charge in [-0.1, -0.05) is 45.0 Å². The van der Waals surface area contributed by atoms with Crippen LogP contribution in [-0.4, -0.2) is 51.5 Å². The van der Waals surface area contributed by atoms with Crippen molar-refractivity contribution in [2.24, 2.45) is 11.1 Å². The van der Waals surface area contributed by atoms with Gasteiger partial charge in [0.2, 0.25) is 11.8 Å². The molecule has 4 N–H and O–H groups in total. The van der Waals surface area contributed by atoms with E-state index in [9.17, 15) is 14.7 Å². The van der Waals surface area contributed by atoms with Gasteiger partial charge in [-0.3, -0.25) is 9.59 Å². The molecule has 1 aromatic carbocycles. The summed E-state index contributed by atoms with van der Waals surface area (Å²) in [5, 5.41) is 13.0. The molecular weight excluding hydrogens is 412 g/mol. The molecule has 31 heavy (non-hydrogen) atoms. The zero-order valence-corrected chi connectivity index (χ0v) is 19.4. The number of aryl methyl sites for hydroxylation is 1. The lowest BCUT2D eigenvalue weighted by molar-refractivity contribution is -0.140. The van der Waals surface area contributed by atoms with Gasteiger partial charge in [0.05, 0.1) is 28.2 Å². The minimum Gasteiger partial charge on any atom is -0.391 e. The minimum absolute atomic E-state index is 0.102. The Labute approximate surface area is 187 Å². The summed E-state index contributed by atoms with van der Waals surface area (Å²) in [6.45, 7) is 8.53. The van der Waals surface area contributed by atoms with Crippen molar-refractivity contribution in [1.82, 2.24) is 15.2 Å². The van der Waals surface area contributed by atoms with Gasteiger partial charge in [-0.05, 0) is 29.9 Å². The molecule has 0 bridgehead atoms. The van der Waals surface area contributed by atoms with Crippen molar-refractivity contribution in [3.8, 4) is 10.4 Å². The maximum Gasteiger partial charge on any atom is 0.243 e. The van der Waals surface area contributed by atoms with Crippen LogP contribution >= 0.6 is 11.3 Å². The number of hydrogen-bond donors (Lipinski definition) is 3. The maximum absolute atomic E-state index is 12.8. The quantitative estimate of drug-likeness (QED) is 0.634. The summed E-state index contributed by atoms with van der Waals surface area (Å²) < 4.78 is 0. The van der Waals surface area contributed by atoms with Crippen molar-refractivity contribution < 1.29 is 14.7 Å². The van der Waals surface area contributed by atoms with Crippen LogP contribution in [0.25, 0.3) is 10.4 Å². The lowest BCUT2D eigenvalue weighted by atomic mass is 9.88. The number of hydrogen-bond acceptors (Lipinski definition) is 6. The topological polar surface area (TPSA) is 109 Å². The molecule has 168 valence electrons. The van der Waals surface area contributed by atoms with Gasteiger partial charge < -0.3 is 21.1 Å².